The van der Waals surface area contributed by atoms with Crippen LogP contribution in [0.2, 0.25) is 0 Å². The van der Waals surface area contributed by atoms with Crippen molar-refractivity contribution in [3.05, 3.63) is 0 Å². The zero-order chi connectivity index (χ0) is 10.7. The van der Waals surface area contributed by atoms with Crippen LogP contribution in [0.1, 0.15) is 32.6 Å². The van der Waals surface area contributed by atoms with Crippen molar-refractivity contribution in [2.45, 2.75) is 50.8 Å². The topological polar surface area (TPSA) is 24.5 Å². The summed E-state index contributed by atoms with van der Waals surface area (Å²) in [4.78, 5) is 2.43. The van der Waals surface area contributed by atoms with Gasteiger partial charge in [-0.3, -0.25) is 0 Å². The van der Waals surface area contributed by atoms with Crippen LogP contribution in [0.5, 0.6) is 0 Å². The molecule has 0 aromatic carbocycles. The maximum Gasteiger partial charge on any atom is 0.0604 e. The van der Waals surface area contributed by atoms with E-state index in [-0.39, 0.29) is 0 Å². The Kier molecular flexibility index (Phi) is 4.00. The van der Waals surface area contributed by atoms with Crippen molar-refractivity contribution < 1.29 is 4.74 Å². The molecule has 1 aliphatic carbocycles. The molecule has 0 radical (unpaired) electrons. The zero-order valence-corrected chi connectivity index (χ0v) is 10.0. The fourth-order valence-electron chi connectivity index (χ4n) is 2.71. The molecule has 1 unspecified atom stereocenters. The SMILES string of the molecule is CCOC1CC(NC2CCCN(C)C2)C1. The Morgan fingerprint density at radius 1 is 1.33 bits per heavy atom. The van der Waals surface area contributed by atoms with Crippen molar-refractivity contribution in [3.8, 4) is 0 Å². The van der Waals surface area contributed by atoms with E-state index < -0.39 is 0 Å². The minimum Gasteiger partial charge on any atom is -0.378 e. The quantitative estimate of drug-likeness (QED) is 0.759. The van der Waals surface area contributed by atoms with Crippen molar-refractivity contribution in [3.63, 3.8) is 0 Å². The Hall–Kier alpha value is -0.120. The Morgan fingerprint density at radius 3 is 2.80 bits per heavy atom. The van der Waals surface area contributed by atoms with E-state index in [9.17, 15) is 0 Å². The van der Waals surface area contributed by atoms with Gasteiger partial charge in [0.2, 0.25) is 0 Å². The fourth-order valence-corrected chi connectivity index (χ4v) is 2.71. The molecule has 0 aromatic heterocycles. The van der Waals surface area contributed by atoms with Crippen molar-refractivity contribution in [2.24, 2.45) is 0 Å². The highest BCUT2D eigenvalue weighted by atomic mass is 16.5. The average molecular weight is 212 g/mol. The molecule has 2 rings (SSSR count). The van der Waals surface area contributed by atoms with Crippen molar-refractivity contribution in [1.29, 1.82) is 0 Å². The summed E-state index contributed by atoms with van der Waals surface area (Å²) in [5.41, 5.74) is 0. The molecule has 1 N–H and O–H groups in total. The summed E-state index contributed by atoms with van der Waals surface area (Å²) >= 11 is 0. The first-order chi connectivity index (χ1) is 7.28. The van der Waals surface area contributed by atoms with E-state index in [4.69, 9.17) is 4.74 Å². The lowest BCUT2D eigenvalue weighted by Crippen LogP contribution is -2.53. The Morgan fingerprint density at radius 2 is 2.13 bits per heavy atom. The molecule has 1 heterocycles. The van der Waals surface area contributed by atoms with Gasteiger partial charge in [0.05, 0.1) is 6.10 Å². The van der Waals surface area contributed by atoms with E-state index in [0.29, 0.717) is 6.10 Å². The molecule has 2 aliphatic rings. The molecule has 0 amide bonds. The number of nitrogens with zero attached hydrogens (tertiary/aromatic N) is 1. The van der Waals surface area contributed by atoms with E-state index >= 15 is 0 Å². The van der Waals surface area contributed by atoms with E-state index in [2.05, 4.69) is 24.2 Å². The van der Waals surface area contributed by atoms with Gasteiger partial charge in [-0.25, -0.2) is 0 Å². The minimum atomic E-state index is 0.536. The van der Waals surface area contributed by atoms with Gasteiger partial charge < -0.3 is 15.0 Å². The third-order valence-electron chi connectivity index (χ3n) is 3.59. The highest BCUT2D eigenvalue weighted by Gasteiger charge is 2.31. The number of likely N-dealkylation sites (N-methyl/N-ethyl adjacent to an activating group) is 1. The molecule has 2 fully saturated rings. The number of rotatable bonds is 4. The van der Waals surface area contributed by atoms with Crippen LogP contribution in [0.3, 0.4) is 0 Å². The first-order valence-corrected chi connectivity index (χ1v) is 6.34. The first-order valence-electron chi connectivity index (χ1n) is 6.34. The number of nitrogens with one attached hydrogen (secondary N) is 1. The summed E-state index contributed by atoms with van der Waals surface area (Å²) in [6.45, 7) is 5.43. The van der Waals surface area contributed by atoms with Crippen molar-refractivity contribution in [1.82, 2.24) is 10.2 Å². The molecule has 1 saturated carbocycles. The summed E-state index contributed by atoms with van der Waals surface area (Å²) in [5.74, 6) is 0. The lowest BCUT2D eigenvalue weighted by atomic mass is 9.88. The molecule has 0 spiro atoms. The molecule has 1 aliphatic heterocycles. The minimum absolute atomic E-state index is 0.536. The Balaban J connectivity index is 1.62. The van der Waals surface area contributed by atoms with Gasteiger partial charge in [0.15, 0.2) is 0 Å². The summed E-state index contributed by atoms with van der Waals surface area (Å²) in [7, 11) is 2.22. The smallest absolute Gasteiger partial charge is 0.0604 e. The summed E-state index contributed by atoms with van der Waals surface area (Å²) in [6, 6.07) is 1.44. The second-order valence-electron chi connectivity index (χ2n) is 5.01. The summed E-state index contributed by atoms with van der Waals surface area (Å²) < 4.78 is 5.57. The predicted molar refractivity (Wildman–Crippen MR) is 62.1 cm³/mol. The largest absolute Gasteiger partial charge is 0.378 e. The summed E-state index contributed by atoms with van der Waals surface area (Å²) in [6.07, 6.45) is 5.66. The molecular weight excluding hydrogens is 188 g/mol. The molecule has 15 heavy (non-hydrogen) atoms. The fraction of sp³-hybridized carbons (Fsp3) is 1.00. The molecular formula is C12H24N2O. The number of hydrogen-bond acceptors (Lipinski definition) is 3. The maximum absolute atomic E-state index is 5.57. The van der Waals surface area contributed by atoms with Gasteiger partial charge in [-0.1, -0.05) is 0 Å². The molecule has 0 bridgehead atoms. The van der Waals surface area contributed by atoms with Gasteiger partial charge in [-0.2, -0.15) is 0 Å². The standard InChI is InChI=1S/C12H24N2O/c1-3-15-12-7-11(8-12)13-10-5-4-6-14(2)9-10/h10-13H,3-9H2,1-2H3. The van der Waals surface area contributed by atoms with Crippen LogP contribution in [0.25, 0.3) is 0 Å². The zero-order valence-electron chi connectivity index (χ0n) is 10.0. The molecule has 3 nitrogen and oxygen atoms in total. The lowest BCUT2D eigenvalue weighted by Gasteiger charge is -2.40. The van der Waals surface area contributed by atoms with Gasteiger partial charge in [0, 0.05) is 25.2 Å². The van der Waals surface area contributed by atoms with Crippen LogP contribution >= 0.6 is 0 Å². The second-order valence-corrected chi connectivity index (χ2v) is 5.01. The van der Waals surface area contributed by atoms with E-state index in [1.165, 1.54) is 38.8 Å². The van der Waals surface area contributed by atoms with E-state index in [1.54, 1.807) is 0 Å². The molecule has 1 atom stereocenters. The molecule has 3 heteroatoms. The van der Waals surface area contributed by atoms with E-state index in [1.807, 2.05) is 0 Å². The highest BCUT2D eigenvalue weighted by molar-refractivity contribution is 4.89. The second kappa shape index (κ2) is 5.28. The maximum atomic E-state index is 5.57. The van der Waals surface area contributed by atoms with Gasteiger partial charge in [0.25, 0.3) is 0 Å². The van der Waals surface area contributed by atoms with Crippen LogP contribution in [-0.2, 0) is 4.74 Å². The van der Waals surface area contributed by atoms with Crippen molar-refractivity contribution >= 4 is 0 Å². The molecule has 0 aromatic rings. The Labute approximate surface area is 93.2 Å². The van der Waals surface area contributed by atoms with Crippen LogP contribution in [-0.4, -0.2) is 49.8 Å². The van der Waals surface area contributed by atoms with Crippen molar-refractivity contribution in [2.75, 3.05) is 26.7 Å². The first kappa shape index (κ1) is 11.4. The van der Waals surface area contributed by atoms with Gasteiger partial charge in [-0.15, -0.1) is 0 Å². The third kappa shape index (κ3) is 3.16. The van der Waals surface area contributed by atoms with Gasteiger partial charge >= 0.3 is 0 Å². The lowest BCUT2D eigenvalue weighted by molar-refractivity contribution is -0.0143. The highest BCUT2D eigenvalue weighted by Crippen LogP contribution is 2.24. The molecule has 88 valence electrons. The number of hydrogen-bond donors (Lipinski definition) is 1. The number of likely N-dealkylation sites (tertiary alicyclic amines) is 1. The van der Waals surface area contributed by atoms with Gasteiger partial charge in [0.1, 0.15) is 0 Å². The van der Waals surface area contributed by atoms with Crippen LogP contribution < -0.4 is 5.32 Å². The van der Waals surface area contributed by atoms with E-state index in [0.717, 1.165) is 18.7 Å². The number of ether oxygens (including phenoxy) is 1. The van der Waals surface area contributed by atoms with Crippen LogP contribution in [0.15, 0.2) is 0 Å². The predicted octanol–water partition coefficient (Wildman–Crippen LogP) is 1.24. The van der Waals surface area contributed by atoms with Crippen LogP contribution in [0, 0.1) is 0 Å². The van der Waals surface area contributed by atoms with Crippen LogP contribution in [0.4, 0.5) is 0 Å². The monoisotopic (exact) mass is 212 g/mol. The molecule has 1 saturated heterocycles. The number of piperidine rings is 1. The Bertz CT molecular complexity index is 192. The van der Waals surface area contributed by atoms with Gasteiger partial charge in [-0.05, 0) is 46.2 Å². The summed E-state index contributed by atoms with van der Waals surface area (Å²) in [5, 5.41) is 3.75. The third-order valence-corrected chi connectivity index (χ3v) is 3.59. The average Bonchev–Trinajstić information content (AvgIpc) is 2.15. The normalized spacial score (nSPS) is 37.6.